The van der Waals surface area contributed by atoms with Crippen LogP contribution in [0.25, 0.3) is 0 Å². The zero-order valence-corrected chi connectivity index (χ0v) is 11.3. The van der Waals surface area contributed by atoms with E-state index in [1.807, 2.05) is 12.4 Å². The van der Waals surface area contributed by atoms with Gasteiger partial charge in [0.05, 0.1) is 0 Å². The van der Waals surface area contributed by atoms with Gasteiger partial charge in [0.2, 0.25) is 0 Å². The second kappa shape index (κ2) is 5.54. The molecule has 1 aromatic carbocycles. The van der Waals surface area contributed by atoms with E-state index in [9.17, 15) is 0 Å². The van der Waals surface area contributed by atoms with Crippen LogP contribution in [0.4, 0.5) is 0 Å². The molecular weight excluding hydrogens is 232 g/mol. The maximum atomic E-state index is 4.07. The molecule has 1 saturated carbocycles. The molecule has 98 valence electrons. The Labute approximate surface area is 114 Å². The molecule has 1 aromatic heterocycles. The molecule has 1 heterocycles. The van der Waals surface area contributed by atoms with Crippen molar-refractivity contribution in [2.75, 3.05) is 0 Å². The van der Waals surface area contributed by atoms with E-state index in [0.717, 1.165) is 5.92 Å². The third-order valence-corrected chi connectivity index (χ3v) is 4.10. The largest absolute Gasteiger partial charge is 0.307 e. The van der Waals surface area contributed by atoms with E-state index in [1.165, 1.54) is 24.0 Å². The first-order valence-corrected chi connectivity index (χ1v) is 7.04. The Hall–Kier alpha value is -1.67. The summed E-state index contributed by atoms with van der Waals surface area (Å²) in [5.41, 5.74) is 2.80. The third kappa shape index (κ3) is 2.85. The molecule has 19 heavy (non-hydrogen) atoms. The quantitative estimate of drug-likeness (QED) is 0.898. The van der Waals surface area contributed by atoms with Crippen molar-refractivity contribution < 1.29 is 0 Å². The van der Waals surface area contributed by atoms with Gasteiger partial charge in [-0.05, 0) is 48.9 Å². The normalized spacial score (nSPS) is 23.6. The van der Waals surface area contributed by atoms with E-state index >= 15 is 0 Å². The molecule has 2 nitrogen and oxygen atoms in total. The zero-order valence-electron chi connectivity index (χ0n) is 11.3. The molecule has 0 unspecified atom stereocenters. The molecule has 0 amide bonds. The summed E-state index contributed by atoms with van der Waals surface area (Å²) in [5.74, 6) is 0.739. The molecule has 3 rings (SSSR count). The van der Waals surface area contributed by atoms with Gasteiger partial charge in [-0.15, -0.1) is 0 Å². The van der Waals surface area contributed by atoms with Gasteiger partial charge in [-0.1, -0.05) is 30.3 Å². The van der Waals surface area contributed by atoms with E-state index in [-0.39, 0.29) is 0 Å². The highest BCUT2D eigenvalue weighted by molar-refractivity contribution is 5.23. The fraction of sp³-hybridized carbons (Fsp3) is 0.353. The van der Waals surface area contributed by atoms with Gasteiger partial charge in [-0.2, -0.15) is 0 Å². The van der Waals surface area contributed by atoms with Crippen molar-refractivity contribution in [3.8, 4) is 0 Å². The third-order valence-electron chi connectivity index (χ3n) is 4.10. The van der Waals surface area contributed by atoms with Crippen LogP contribution >= 0.6 is 0 Å². The molecule has 2 aromatic rings. The number of nitrogens with zero attached hydrogens (tertiary/aromatic N) is 1. The summed E-state index contributed by atoms with van der Waals surface area (Å²) >= 11 is 0. The zero-order chi connectivity index (χ0) is 13.1. The van der Waals surface area contributed by atoms with E-state index < -0.39 is 0 Å². The highest BCUT2D eigenvalue weighted by atomic mass is 15.0. The van der Waals surface area contributed by atoms with Crippen LogP contribution in [0.15, 0.2) is 54.9 Å². The molecule has 2 heteroatoms. The van der Waals surface area contributed by atoms with Crippen molar-refractivity contribution >= 4 is 0 Å². The molecule has 0 spiro atoms. The Balaban J connectivity index is 1.52. The molecule has 0 bridgehead atoms. The van der Waals surface area contributed by atoms with Crippen molar-refractivity contribution in [3.63, 3.8) is 0 Å². The predicted octanol–water partition coefficient (Wildman–Crippen LogP) is 3.68. The second-order valence-corrected chi connectivity index (χ2v) is 5.44. The van der Waals surface area contributed by atoms with Crippen LogP contribution in [0.2, 0.25) is 0 Å². The predicted molar refractivity (Wildman–Crippen MR) is 78.0 cm³/mol. The highest BCUT2D eigenvalue weighted by Gasteiger charge is 2.30. The minimum atomic E-state index is 0.407. The lowest BCUT2D eigenvalue weighted by molar-refractivity contribution is 0.271. The maximum absolute atomic E-state index is 4.07. The smallest absolute Gasteiger partial charge is 0.0295 e. The van der Waals surface area contributed by atoms with Crippen LogP contribution < -0.4 is 5.32 Å². The molecule has 1 aliphatic carbocycles. The monoisotopic (exact) mass is 252 g/mol. The molecule has 0 aliphatic heterocycles. The highest BCUT2D eigenvalue weighted by Crippen LogP contribution is 2.37. The molecule has 1 N–H and O–H groups in total. The van der Waals surface area contributed by atoms with Gasteiger partial charge >= 0.3 is 0 Å². The topological polar surface area (TPSA) is 24.9 Å². The lowest BCUT2D eigenvalue weighted by atomic mass is 9.75. The number of hydrogen-bond donors (Lipinski definition) is 1. The fourth-order valence-electron chi connectivity index (χ4n) is 2.85. The summed E-state index contributed by atoms with van der Waals surface area (Å²) in [7, 11) is 0. The molecule has 1 atom stereocenters. The second-order valence-electron chi connectivity index (χ2n) is 5.44. The van der Waals surface area contributed by atoms with Crippen molar-refractivity contribution in [1.29, 1.82) is 0 Å². The summed E-state index contributed by atoms with van der Waals surface area (Å²) in [6, 6.07) is 16.1. The first kappa shape index (κ1) is 12.4. The number of benzene rings is 1. The van der Waals surface area contributed by atoms with Gasteiger partial charge in [0.25, 0.3) is 0 Å². The van der Waals surface area contributed by atoms with E-state index in [1.54, 1.807) is 0 Å². The molecule has 1 aliphatic rings. The minimum Gasteiger partial charge on any atom is -0.307 e. The van der Waals surface area contributed by atoms with Gasteiger partial charge in [0, 0.05) is 24.5 Å². The SMILES string of the molecule is C[C@H](NC1CC(c2ccccc2)C1)c1ccncc1. The van der Waals surface area contributed by atoms with Gasteiger partial charge in [0.1, 0.15) is 0 Å². The Morgan fingerprint density at radius 3 is 2.42 bits per heavy atom. The molecular formula is C17H20N2. The first-order chi connectivity index (χ1) is 9.33. The van der Waals surface area contributed by atoms with Crippen LogP contribution in [0.3, 0.4) is 0 Å². The Bertz CT molecular complexity index is 503. The maximum Gasteiger partial charge on any atom is 0.0295 e. The number of pyridine rings is 1. The number of aromatic nitrogens is 1. The van der Waals surface area contributed by atoms with Crippen LogP contribution in [-0.2, 0) is 0 Å². The van der Waals surface area contributed by atoms with E-state index in [0.29, 0.717) is 12.1 Å². The lowest BCUT2D eigenvalue weighted by Crippen LogP contribution is -2.41. The van der Waals surface area contributed by atoms with Crippen LogP contribution in [0.1, 0.15) is 42.9 Å². The molecule has 0 saturated heterocycles. The summed E-state index contributed by atoms with van der Waals surface area (Å²) in [4.78, 5) is 4.07. The van der Waals surface area contributed by atoms with Crippen LogP contribution in [0, 0.1) is 0 Å². The van der Waals surface area contributed by atoms with Crippen molar-refractivity contribution in [2.24, 2.45) is 0 Å². The molecule has 1 fully saturated rings. The first-order valence-electron chi connectivity index (χ1n) is 7.04. The van der Waals surface area contributed by atoms with Crippen molar-refractivity contribution in [3.05, 3.63) is 66.0 Å². The van der Waals surface area contributed by atoms with Gasteiger partial charge in [-0.3, -0.25) is 4.98 Å². The average molecular weight is 252 g/mol. The van der Waals surface area contributed by atoms with Crippen molar-refractivity contribution in [1.82, 2.24) is 10.3 Å². The van der Waals surface area contributed by atoms with Gasteiger partial charge in [-0.25, -0.2) is 0 Å². The lowest BCUT2D eigenvalue weighted by Gasteiger charge is -2.38. The summed E-state index contributed by atoms with van der Waals surface area (Å²) in [5, 5.41) is 3.70. The summed E-state index contributed by atoms with van der Waals surface area (Å²) in [6.45, 7) is 2.23. The average Bonchev–Trinajstić information content (AvgIpc) is 2.44. The van der Waals surface area contributed by atoms with Crippen LogP contribution in [-0.4, -0.2) is 11.0 Å². The standard InChI is InChI=1S/C17H20N2/c1-13(14-7-9-18-10-8-14)19-17-11-16(12-17)15-5-3-2-4-6-15/h2-10,13,16-17,19H,11-12H2,1H3/t13-,16?,17?/m0/s1. The van der Waals surface area contributed by atoms with E-state index in [2.05, 4.69) is 59.7 Å². The Kier molecular flexibility index (Phi) is 3.60. The number of rotatable bonds is 4. The van der Waals surface area contributed by atoms with E-state index in [4.69, 9.17) is 0 Å². The van der Waals surface area contributed by atoms with Gasteiger partial charge in [0.15, 0.2) is 0 Å². The van der Waals surface area contributed by atoms with Gasteiger partial charge < -0.3 is 5.32 Å². The van der Waals surface area contributed by atoms with Crippen LogP contribution in [0.5, 0.6) is 0 Å². The fourth-order valence-corrected chi connectivity index (χ4v) is 2.85. The number of hydrogen-bond acceptors (Lipinski definition) is 2. The van der Waals surface area contributed by atoms with Crippen molar-refractivity contribution in [2.45, 2.75) is 37.8 Å². The summed E-state index contributed by atoms with van der Waals surface area (Å²) in [6.07, 6.45) is 6.22. The Morgan fingerprint density at radius 1 is 1.05 bits per heavy atom. The minimum absolute atomic E-state index is 0.407. The summed E-state index contributed by atoms with van der Waals surface area (Å²) < 4.78 is 0. The number of nitrogens with one attached hydrogen (secondary N) is 1. The Morgan fingerprint density at radius 2 is 1.74 bits per heavy atom. The molecule has 0 radical (unpaired) electrons.